The lowest BCUT2D eigenvalue weighted by atomic mass is 9.94. The van der Waals surface area contributed by atoms with Crippen molar-refractivity contribution < 1.29 is 49.7 Å². The van der Waals surface area contributed by atoms with Gasteiger partial charge in [-0.05, 0) is 0 Å². The van der Waals surface area contributed by atoms with Crippen molar-refractivity contribution in [3.63, 3.8) is 0 Å². The van der Waals surface area contributed by atoms with Crippen LogP contribution in [0.15, 0.2) is 0 Å². The smallest absolute Gasteiger partial charge is 0.200 e. The van der Waals surface area contributed by atoms with Gasteiger partial charge in [0.15, 0.2) is 46.5 Å². The van der Waals surface area contributed by atoms with Gasteiger partial charge >= 0.3 is 0 Å². The second kappa shape index (κ2) is 6.56. The predicted molar refractivity (Wildman–Crippen MR) is 62.5 cm³/mol. The van der Waals surface area contributed by atoms with Crippen molar-refractivity contribution in [1.82, 2.24) is 0 Å². The van der Waals surface area contributed by atoms with E-state index in [1.807, 2.05) is 0 Å². The van der Waals surface area contributed by atoms with Crippen LogP contribution >= 0.6 is 0 Å². The lowest BCUT2D eigenvalue weighted by molar-refractivity contribution is 0.187. The third kappa shape index (κ3) is 2.72. The zero-order chi connectivity index (χ0) is 19.2. The molecule has 0 fully saturated rings. The van der Waals surface area contributed by atoms with Gasteiger partial charge < -0.3 is 10.2 Å². The SMILES string of the molecule is OCc1c(F)c(F)c(F)c(F)c1C(O)c1c(F)c(F)c(F)c(F)c1F. The lowest BCUT2D eigenvalue weighted by Gasteiger charge is -2.19. The first kappa shape index (κ1) is 19.1. The second-order valence-electron chi connectivity index (χ2n) is 4.69. The van der Waals surface area contributed by atoms with Gasteiger partial charge in [0, 0.05) is 11.1 Å². The van der Waals surface area contributed by atoms with Crippen LogP contribution in [0.4, 0.5) is 39.5 Å². The van der Waals surface area contributed by atoms with Crippen molar-refractivity contribution in [3.05, 3.63) is 69.0 Å². The zero-order valence-electron chi connectivity index (χ0n) is 11.6. The van der Waals surface area contributed by atoms with Gasteiger partial charge in [-0.15, -0.1) is 0 Å². The first-order valence-corrected chi connectivity index (χ1v) is 6.21. The van der Waals surface area contributed by atoms with Crippen LogP contribution in [0.1, 0.15) is 22.8 Å². The molecule has 0 aliphatic carbocycles. The Morgan fingerprint density at radius 2 is 0.840 bits per heavy atom. The molecule has 0 spiro atoms. The van der Waals surface area contributed by atoms with Gasteiger partial charge in [-0.1, -0.05) is 0 Å². The molecule has 25 heavy (non-hydrogen) atoms. The molecular formula is C14H5F9O2. The number of hydrogen-bond acceptors (Lipinski definition) is 2. The quantitative estimate of drug-likeness (QED) is 0.489. The topological polar surface area (TPSA) is 40.5 Å². The Labute approximate surface area is 132 Å². The molecule has 2 rings (SSSR count). The summed E-state index contributed by atoms with van der Waals surface area (Å²) < 4.78 is 120. The van der Waals surface area contributed by atoms with Crippen LogP contribution in [0, 0.1) is 52.4 Å². The van der Waals surface area contributed by atoms with Gasteiger partial charge in [0.25, 0.3) is 0 Å². The minimum Gasteiger partial charge on any atom is -0.392 e. The number of rotatable bonds is 3. The number of benzene rings is 2. The van der Waals surface area contributed by atoms with Crippen LogP contribution in [0.3, 0.4) is 0 Å². The van der Waals surface area contributed by atoms with Crippen LogP contribution in [0.5, 0.6) is 0 Å². The Balaban J connectivity index is 2.87. The van der Waals surface area contributed by atoms with Gasteiger partial charge in [0.1, 0.15) is 6.10 Å². The Morgan fingerprint density at radius 3 is 1.24 bits per heavy atom. The highest BCUT2D eigenvalue weighted by Gasteiger charge is 2.35. The van der Waals surface area contributed by atoms with Gasteiger partial charge in [-0.2, -0.15) is 0 Å². The van der Waals surface area contributed by atoms with Crippen LogP contribution < -0.4 is 0 Å². The Morgan fingerprint density at radius 1 is 0.520 bits per heavy atom. The summed E-state index contributed by atoms with van der Waals surface area (Å²) in [7, 11) is 0. The Hall–Kier alpha value is -2.27. The maximum atomic E-state index is 13.8. The van der Waals surface area contributed by atoms with Gasteiger partial charge in [0.05, 0.1) is 12.2 Å². The normalized spacial score (nSPS) is 12.6. The molecule has 11 heteroatoms. The van der Waals surface area contributed by atoms with Gasteiger partial charge in [-0.25, -0.2) is 39.5 Å². The molecule has 0 radical (unpaired) electrons. The van der Waals surface area contributed by atoms with Crippen molar-refractivity contribution in [2.45, 2.75) is 12.7 Å². The monoisotopic (exact) mass is 376 g/mol. The molecule has 2 aromatic carbocycles. The molecule has 2 aromatic rings. The Bertz CT molecular complexity index is 838. The summed E-state index contributed by atoms with van der Waals surface area (Å²) in [5.74, 6) is -22.3. The van der Waals surface area contributed by atoms with Gasteiger partial charge in [0.2, 0.25) is 5.82 Å². The van der Waals surface area contributed by atoms with E-state index in [9.17, 15) is 44.6 Å². The molecule has 0 aromatic heterocycles. The summed E-state index contributed by atoms with van der Waals surface area (Å²) in [6.07, 6.45) is -3.14. The third-order valence-electron chi connectivity index (χ3n) is 3.35. The molecule has 1 unspecified atom stereocenters. The minimum atomic E-state index is -3.14. The molecule has 2 nitrogen and oxygen atoms in total. The highest BCUT2D eigenvalue weighted by molar-refractivity contribution is 5.40. The maximum Gasteiger partial charge on any atom is 0.200 e. The highest BCUT2D eigenvalue weighted by Crippen LogP contribution is 2.36. The molecular weight excluding hydrogens is 371 g/mol. The molecule has 0 bridgehead atoms. The van der Waals surface area contributed by atoms with E-state index in [1.165, 1.54) is 0 Å². The summed E-state index contributed by atoms with van der Waals surface area (Å²) in [5.41, 5.74) is -5.22. The first-order chi connectivity index (χ1) is 11.6. The average molecular weight is 376 g/mol. The van der Waals surface area contributed by atoms with E-state index in [1.54, 1.807) is 0 Å². The van der Waals surface area contributed by atoms with E-state index < -0.39 is 81.8 Å². The molecule has 0 saturated heterocycles. The van der Waals surface area contributed by atoms with Gasteiger partial charge in [-0.3, -0.25) is 0 Å². The minimum absolute atomic E-state index is 1.46. The zero-order valence-corrected chi connectivity index (χ0v) is 11.6. The number of hydrogen-bond donors (Lipinski definition) is 2. The largest absolute Gasteiger partial charge is 0.392 e. The van der Waals surface area contributed by atoms with Crippen molar-refractivity contribution in [2.75, 3.05) is 0 Å². The molecule has 0 amide bonds. The number of aliphatic hydroxyl groups is 2. The summed E-state index contributed by atoms with van der Waals surface area (Å²) in [6, 6.07) is 0. The summed E-state index contributed by atoms with van der Waals surface area (Å²) in [4.78, 5) is 0. The fourth-order valence-corrected chi connectivity index (χ4v) is 2.14. The molecule has 0 saturated carbocycles. The molecule has 0 aliphatic heterocycles. The van der Waals surface area contributed by atoms with E-state index in [-0.39, 0.29) is 0 Å². The van der Waals surface area contributed by atoms with E-state index in [4.69, 9.17) is 5.11 Å². The van der Waals surface area contributed by atoms with Crippen molar-refractivity contribution in [3.8, 4) is 0 Å². The summed E-state index contributed by atoms with van der Waals surface area (Å²) in [5, 5.41) is 18.7. The standard InChI is InChI=1S/C14H5F9O2/c15-5-2(1-24)3(6(16)10(20)9(5)19)14(25)4-7(17)11(21)13(23)12(22)8(4)18/h14,24-25H,1H2. The van der Waals surface area contributed by atoms with E-state index >= 15 is 0 Å². The van der Waals surface area contributed by atoms with Crippen LogP contribution in [0.25, 0.3) is 0 Å². The second-order valence-corrected chi connectivity index (χ2v) is 4.69. The van der Waals surface area contributed by atoms with Crippen LogP contribution in [0.2, 0.25) is 0 Å². The van der Waals surface area contributed by atoms with Crippen molar-refractivity contribution in [2.24, 2.45) is 0 Å². The number of aliphatic hydroxyl groups excluding tert-OH is 2. The maximum absolute atomic E-state index is 13.8. The highest BCUT2D eigenvalue weighted by atomic mass is 19.2. The fraction of sp³-hybridized carbons (Fsp3) is 0.143. The fourth-order valence-electron chi connectivity index (χ4n) is 2.14. The Kier molecular flexibility index (Phi) is 5.00. The number of halogens is 9. The van der Waals surface area contributed by atoms with E-state index in [0.717, 1.165) is 0 Å². The van der Waals surface area contributed by atoms with E-state index in [2.05, 4.69) is 0 Å². The lowest BCUT2D eigenvalue weighted by Crippen LogP contribution is -2.18. The van der Waals surface area contributed by atoms with Crippen molar-refractivity contribution >= 4 is 0 Å². The molecule has 136 valence electrons. The van der Waals surface area contributed by atoms with Crippen LogP contribution in [-0.2, 0) is 6.61 Å². The van der Waals surface area contributed by atoms with Crippen molar-refractivity contribution in [1.29, 1.82) is 0 Å². The molecule has 2 N–H and O–H groups in total. The molecule has 1 atom stereocenters. The summed E-state index contributed by atoms with van der Waals surface area (Å²) in [6.45, 7) is -1.58. The summed E-state index contributed by atoms with van der Waals surface area (Å²) >= 11 is 0. The molecule has 0 heterocycles. The first-order valence-electron chi connectivity index (χ1n) is 6.21. The molecule has 0 aliphatic rings. The van der Waals surface area contributed by atoms with Crippen LogP contribution in [-0.4, -0.2) is 10.2 Å². The predicted octanol–water partition coefficient (Wildman–Crippen LogP) is 3.51. The average Bonchev–Trinajstić information content (AvgIpc) is 2.59. The van der Waals surface area contributed by atoms with E-state index in [0.29, 0.717) is 0 Å². The third-order valence-corrected chi connectivity index (χ3v) is 3.35.